The van der Waals surface area contributed by atoms with Gasteiger partial charge in [0, 0.05) is 71.0 Å². The molecule has 0 aromatic heterocycles. The summed E-state index contributed by atoms with van der Waals surface area (Å²) in [6, 6.07) is 8.54. The van der Waals surface area contributed by atoms with Gasteiger partial charge in [0.2, 0.25) is 27.7 Å². The number of Topliss-reactive ketones (excluding diaryl/α,β-unsaturated/α-hetero) is 1. The molecule has 0 aliphatic carbocycles. The van der Waals surface area contributed by atoms with E-state index < -0.39 is 69.7 Å². The van der Waals surface area contributed by atoms with Gasteiger partial charge in [-0.1, -0.05) is 30.3 Å². The maximum atomic E-state index is 14.5. The molecule has 53 heavy (non-hydrogen) atoms. The number of likely N-dealkylation sites (tertiary alicyclic amines) is 1. The van der Waals surface area contributed by atoms with Gasteiger partial charge in [-0.05, 0) is 61.9 Å². The average molecular weight is 754 g/mol. The van der Waals surface area contributed by atoms with Gasteiger partial charge in [0.25, 0.3) is 5.91 Å². The lowest BCUT2D eigenvalue weighted by atomic mass is 9.91. The third kappa shape index (κ3) is 8.07. The Kier molecular flexibility index (Phi) is 11.5. The molecule has 0 bridgehead atoms. The number of fused-ring (bicyclic) bond motifs is 2. The number of carboxylic acids is 1. The maximum absolute atomic E-state index is 14.5. The topological polar surface area (TPSA) is 206 Å². The molecular weight excluding hydrogens is 707 g/mol. The molecule has 4 aliphatic heterocycles. The van der Waals surface area contributed by atoms with E-state index in [0.29, 0.717) is 38.0 Å². The normalized spacial score (nSPS) is 24.0. The Morgan fingerprint density at radius 3 is 2.42 bits per heavy atom. The average Bonchev–Trinajstić information content (AvgIpc) is 3.66. The van der Waals surface area contributed by atoms with Crippen LogP contribution in [0.4, 0.5) is 0 Å². The number of rotatable bonds is 12. The van der Waals surface area contributed by atoms with Crippen molar-refractivity contribution >= 4 is 56.2 Å². The molecule has 4 N–H and O–H groups in total. The lowest BCUT2D eigenvalue weighted by Crippen LogP contribution is -2.73. The molecule has 4 atom stereocenters. The van der Waals surface area contributed by atoms with E-state index in [1.807, 2.05) is 12.1 Å². The van der Waals surface area contributed by atoms with Gasteiger partial charge in [-0.15, -0.1) is 0 Å². The van der Waals surface area contributed by atoms with Crippen LogP contribution in [0.25, 0.3) is 10.8 Å². The van der Waals surface area contributed by atoms with Gasteiger partial charge in [0.15, 0.2) is 11.4 Å². The molecule has 2 aromatic carbocycles. The van der Waals surface area contributed by atoms with E-state index in [2.05, 4.69) is 15.4 Å². The number of carbonyl (C=O) groups excluding carboxylic acids is 5. The number of hydrogen-bond donors (Lipinski definition) is 4. The predicted molar refractivity (Wildman–Crippen MR) is 191 cm³/mol. The Morgan fingerprint density at radius 2 is 1.70 bits per heavy atom. The van der Waals surface area contributed by atoms with Gasteiger partial charge in [-0.2, -0.15) is 4.72 Å². The van der Waals surface area contributed by atoms with Crippen LogP contribution in [0.1, 0.15) is 64.7 Å². The van der Waals surface area contributed by atoms with E-state index in [1.54, 1.807) is 28.0 Å². The third-order valence-electron chi connectivity index (χ3n) is 10.8. The molecule has 2 aromatic rings. The van der Waals surface area contributed by atoms with Crippen LogP contribution in [0.2, 0.25) is 0 Å². The van der Waals surface area contributed by atoms with Gasteiger partial charge in [-0.25, -0.2) is 13.4 Å². The second-order valence-electron chi connectivity index (χ2n) is 14.2. The Hall–Kier alpha value is -4.45. The Bertz CT molecular complexity index is 1880. The van der Waals surface area contributed by atoms with Crippen molar-refractivity contribution in [1.82, 2.24) is 35.2 Å². The largest absolute Gasteiger partial charge is 0.481 e. The SMILES string of the molecule is CC(=O)C(CCC(=O)O)(NC(=O)[C@@H]1CCCN2C(=O)CC[C@H](NS(=O)(=O)c3ccc4ccccc4c3)C(=O)N12)N1CCNCC1CC(=O)N1CCCC1. The van der Waals surface area contributed by atoms with Crippen LogP contribution in [0.15, 0.2) is 47.4 Å². The van der Waals surface area contributed by atoms with E-state index in [-0.39, 0.29) is 56.0 Å². The smallest absolute Gasteiger partial charge is 0.303 e. The molecule has 4 fully saturated rings. The number of amides is 4. The molecule has 4 amide bonds. The van der Waals surface area contributed by atoms with E-state index in [0.717, 1.165) is 23.2 Å². The summed E-state index contributed by atoms with van der Waals surface area (Å²) in [5.74, 6) is -3.89. The highest BCUT2D eigenvalue weighted by molar-refractivity contribution is 7.89. The Labute approximate surface area is 308 Å². The van der Waals surface area contributed by atoms with E-state index in [4.69, 9.17) is 0 Å². The summed E-state index contributed by atoms with van der Waals surface area (Å²) in [4.78, 5) is 84.6. The molecule has 2 unspecified atom stereocenters. The van der Waals surface area contributed by atoms with Crippen LogP contribution < -0.4 is 15.4 Å². The fraction of sp³-hybridized carbons (Fsp3) is 0.556. The summed E-state index contributed by atoms with van der Waals surface area (Å²) in [6.45, 7) is 3.57. The molecule has 0 saturated carbocycles. The number of sulfonamides is 1. The monoisotopic (exact) mass is 753 g/mol. The number of benzene rings is 2. The van der Waals surface area contributed by atoms with Gasteiger partial charge < -0.3 is 20.6 Å². The predicted octanol–water partition coefficient (Wildman–Crippen LogP) is 0.568. The Morgan fingerprint density at radius 1 is 0.962 bits per heavy atom. The van der Waals surface area contributed by atoms with E-state index in [9.17, 15) is 42.3 Å². The second kappa shape index (κ2) is 15.9. The summed E-state index contributed by atoms with van der Waals surface area (Å²) >= 11 is 0. The minimum Gasteiger partial charge on any atom is -0.481 e. The van der Waals surface area contributed by atoms with Gasteiger partial charge in [-0.3, -0.25) is 38.7 Å². The summed E-state index contributed by atoms with van der Waals surface area (Å²) in [7, 11) is -4.26. The zero-order valence-electron chi connectivity index (χ0n) is 29.8. The first-order valence-corrected chi connectivity index (χ1v) is 19.7. The first-order valence-electron chi connectivity index (χ1n) is 18.3. The summed E-state index contributed by atoms with van der Waals surface area (Å²) in [5, 5.41) is 19.5. The van der Waals surface area contributed by atoms with Crippen molar-refractivity contribution < 1.29 is 42.3 Å². The van der Waals surface area contributed by atoms with Crippen molar-refractivity contribution in [1.29, 1.82) is 0 Å². The van der Waals surface area contributed by atoms with Crippen molar-refractivity contribution in [3.05, 3.63) is 42.5 Å². The van der Waals surface area contributed by atoms with Crippen LogP contribution in [0.3, 0.4) is 0 Å². The number of hydrazine groups is 1. The quantitative estimate of drug-likeness (QED) is 0.236. The van der Waals surface area contributed by atoms with Gasteiger partial charge >= 0.3 is 5.97 Å². The van der Waals surface area contributed by atoms with Crippen molar-refractivity contribution in [2.24, 2.45) is 0 Å². The number of nitrogens with one attached hydrogen (secondary N) is 3. The number of ketones is 1. The van der Waals surface area contributed by atoms with Gasteiger partial charge in [0.1, 0.15) is 12.1 Å². The fourth-order valence-corrected chi connectivity index (χ4v) is 9.29. The van der Waals surface area contributed by atoms with Crippen LogP contribution in [-0.4, -0.2) is 132 Å². The number of carboxylic acid groups (broad SMARTS) is 1. The lowest BCUT2D eigenvalue weighted by Gasteiger charge is -2.50. The maximum Gasteiger partial charge on any atom is 0.303 e. The lowest BCUT2D eigenvalue weighted by molar-refractivity contribution is -0.177. The van der Waals surface area contributed by atoms with Crippen LogP contribution in [0.5, 0.6) is 0 Å². The summed E-state index contributed by atoms with van der Waals surface area (Å²) in [5.41, 5.74) is -1.86. The zero-order chi connectivity index (χ0) is 37.9. The third-order valence-corrected chi connectivity index (χ3v) is 12.3. The van der Waals surface area contributed by atoms with Crippen LogP contribution in [-0.2, 0) is 38.8 Å². The summed E-state index contributed by atoms with van der Waals surface area (Å²) < 4.78 is 29.7. The summed E-state index contributed by atoms with van der Waals surface area (Å²) in [6.07, 6.45) is 1.17. The number of nitrogens with zero attached hydrogens (tertiary/aromatic N) is 4. The van der Waals surface area contributed by atoms with Crippen LogP contribution >= 0.6 is 0 Å². The highest BCUT2D eigenvalue weighted by atomic mass is 32.2. The molecular formula is C36H47N7O9S. The van der Waals surface area contributed by atoms with E-state index >= 15 is 0 Å². The molecule has 4 heterocycles. The highest BCUT2D eigenvalue weighted by Crippen LogP contribution is 2.30. The van der Waals surface area contributed by atoms with Crippen molar-refractivity contribution in [3.63, 3.8) is 0 Å². The molecule has 6 rings (SSSR count). The number of piperazine rings is 1. The molecule has 4 saturated heterocycles. The second-order valence-corrected chi connectivity index (χ2v) is 15.9. The van der Waals surface area contributed by atoms with Crippen molar-refractivity contribution in [3.8, 4) is 0 Å². The zero-order valence-corrected chi connectivity index (χ0v) is 30.6. The standard InChI is InChI=1S/C36H47N7O9S/c1-24(44)36(15-14-33(47)48,41-20-16-37-23-27(41)22-32(46)40-17-4-5-18-40)38-34(49)30-9-6-19-42-31(45)13-12-29(35(50)43(30)42)39-53(51,52)28-11-10-25-7-2-3-8-26(25)21-28/h2-3,7-8,10-11,21,27,29-30,37,39H,4-6,9,12-20,22-23H2,1H3,(H,38,49)(H,47,48)/t27?,29-,30-,36?/m0/s1. The highest BCUT2D eigenvalue weighted by Gasteiger charge is 2.51. The minimum absolute atomic E-state index is 0.0420. The number of carbonyl (C=O) groups is 6. The molecule has 286 valence electrons. The number of hydrogen-bond acceptors (Lipinski definition) is 10. The minimum atomic E-state index is -4.26. The molecule has 17 heteroatoms. The van der Waals surface area contributed by atoms with Crippen LogP contribution in [0, 0.1) is 0 Å². The van der Waals surface area contributed by atoms with Crippen molar-refractivity contribution in [2.75, 3.05) is 39.3 Å². The molecule has 0 radical (unpaired) electrons. The Balaban J connectivity index is 1.29. The number of aliphatic carboxylic acids is 1. The van der Waals surface area contributed by atoms with Crippen molar-refractivity contribution in [2.45, 2.75) is 93.4 Å². The van der Waals surface area contributed by atoms with Gasteiger partial charge in [0.05, 0.1) is 4.90 Å². The fourth-order valence-electron chi connectivity index (χ4n) is 8.03. The first-order chi connectivity index (χ1) is 25.3. The first kappa shape index (κ1) is 38.3. The van der Waals surface area contributed by atoms with E-state index in [1.165, 1.54) is 24.1 Å². The molecule has 16 nitrogen and oxygen atoms in total. The molecule has 0 spiro atoms. The molecule has 4 aliphatic rings.